The molecule has 0 spiro atoms. The first kappa shape index (κ1) is 63.4. The van der Waals surface area contributed by atoms with E-state index in [0.717, 1.165) is 44.9 Å². The van der Waals surface area contributed by atoms with E-state index in [1.807, 2.05) is 6.08 Å². The van der Waals surface area contributed by atoms with E-state index < -0.39 is 49.5 Å². The average molecular weight is 949 g/mol. The van der Waals surface area contributed by atoms with Crippen LogP contribution in [0.3, 0.4) is 0 Å². The zero-order valence-corrected chi connectivity index (χ0v) is 43.7. The minimum atomic E-state index is -1.57. The van der Waals surface area contributed by atoms with Gasteiger partial charge in [-0.3, -0.25) is 4.79 Å². The van der Waals surface area contributed by atoms with Crippen molar-refractivity contribution in [2.24, 2.45) is 0 Å². The van der Waals surface area contributed by atoms with Crippen LogP contribution >= 0.6 is 0 Å². The van der Waals surface area contributed by atoms with Crippen molar-refractivity contribution in [2.45, 2.75) is 314 Å². The van der Waals surface area contributed by atoms with Crippen molar-refractivity contribution in [1.82, 2.24) is 5.32 Å². The molecule has 1 fully saturated rings. The number of hydrogen-bond donors (Lipinski definition) is 6. The van der Waals surface area contributed by atoms with Crippen LogP contribution in [0, 0.1) is 0 Å². The molecule has 0 aliphatic carbocycles. The van der Waals surface area contributed by atoms with Gasteiger partial charge in [-0.25, -0.2) is 0 Å². The summed E-state index contributed by atoms with van der Waals surface area (Å²) < 4.78 is 11.3. The summed E-state index contributed by atoms with van der Waals surface area (Å²) >= 11 is 0. The third-order valence-corrected chi connectivity index (χ3v) is 13.7. The Labute approximate surface area is 412 Å². The largest absolute Gasteiger partial charge is 0.394 e. The lowest BCUT2D eigenvalue weighted by molar-refractivity contribution is -0.302. The number of unbranched alkanes of at least 4 members (excludes halogenated alkanes) is 35. The van der Waals surface area contributed by atoms with Crippen molar-refractivity contribution in [3.05, 3.63) is 36.5 Å². The Morgan fingerprint density at radius 3 is 1.25 bits per heavy atom. The predicted octanol–water partition coefficient (Wildman–Crippen LogP) is 14.0. The Morgan fingerprint density at radius 2 is 0.851 bits per heavy atom. The number of rotatable bonds is 49. The summed E-state index contributed by atoms with van der Waals surface area (Å²) in [6.45, 7) is 3.79. The molecule has 7 unspecified atom stereocenters. The fourth-order valence-electron chi connectivity index (χ4n) is 9.13. The molecular weight excluding hydrogens is 839 g/mol. The zero-order chi connectivity index (χ0) is 48.7. The van der Waals surface area contributed by atoms with Crippen molar-refractivity contribution >= 4 is 5.91 Å². The van der Waals surface area contributed by atoms with Gasteiger partial charge in [0.1, 0.15) is 24.4 Å². The first-order chi connectivity index (χ1) is 32.8. The minimum Gasteiger partial charge on any atom is -0.394 e. The topological polar surface area (TPSA) is 149 Å². The van der Waals surface area contributed by atoms with Gasteiger partial charge in [-0.1, -0.05) is 256 Å². The highest BCUT2D eigenvalue weighted by atomic mass is 16.7. The third kappa shape index (κ3) is 37.9. The second-order valence-corrected chi connectivity index (χ2v) is 20.1. The van der Waals surface area contributed by atoms with Gasteiger partial charge in [0.25, 0.3) is 0 Å². The van der Waals surface area contributed by atoms with Crippen LogP contribution < -0.4 is 5.32 Å². The molecule has 7 atom stereocenters. The van der Waals surface area contributed by atoms with Gasteiger partial charge in [-0.2, -0.15) is 0 Å². The summed E-state index contributed by atoms with van der Waals surface area (Å²) in [6.07, 6.45) is 55.0. The van der Waals surface area contributed by atoms with Crippen molar-refractivity contribution in [2.75, 3.05) is 13.2 Å². The Hall–Kier alpha value is -1.59. The summed E-state index contributed by atoms with van der Waals surface area (Å²) in [7, 11) is 0. The second kappa shape index (κ2) is 48.1. The van der Waals surface area contributed by atoms with E-state index in [0.29, 0.717) is 6.42 Å². The molecule has 6 N–H and O–H groups in total. The third-order valence-electron chi connectivity index (χ3n) is 13.7. The molecule has 0 aromatic carbocycles. The normalized spacial score (nSPS) is 19.9. The molecule has 394 valence electrons. The number of amides is 1. The molecule has 0 aromatic rings. The van der Waals surface area contributed by atoms with Crippen LogP contribution in [0.25, 0.3) is 0 Å². The van der Waals surface area contributed by atoms with E-state index >= 15 is 0 Å². The van der Waals surface area contributed by atoms with Gasteiger partial charge in [-0.15, -0.1) is 0 Å². The summed E-state index contributed by atoms with van der Waals surface area (Å²) in [5.74, 6) is -0.186. The molecule has 0 saturated carbocycles. The molecule has 67 heavy (non-hydrogen) atoms. The van der Waals surface area contributed by atoms with Gasteiger partial charge in [0.05, 0.1) is 25.4 Å². The molecule has 9 nitrogen and oxygen atoms in total. The van der Waals surface area contributed by atoms with E-state index in [-0.39, 0.29) is 12.5 Å². The van der Waals surface area contributed by atoms with Gasteiger partial charge in [0.2, 0.25) is 5.91 Å². The number of carbonyl (C=O) groups excluding carboxylic acids is 1. The molecule has 1 rings (SSSR count). The standard InChI is InChI=1S/C58H109NO8/c1-3-5-7-9-11-13-15-17-19-21-23-24-25-26-27-28-30-31-33-35-37-39-41-43-45-47-52(61)51(50-66-58-57(65)56(64)55(63)53(49-60)67-58)59-54(62)48-46-44-42-40-38-36-34-32-29-22-20-18-16-14-12-10-8-6-4-2/h30-31,37,39,45,47,51-53,55-58,60-61,63-65H,3-29,32-36,38,40-44,46,48-50H2,1-2H3,(H,59,62)/b31-30+,39-37+,47-45+. The number of carbonyl (C=O) groups is 1. The maximum Gasteiger partial charge on any atom is 0.220 e. The fourth-order valence-corrected chi connectivity index (χ4v) is 9.13. The molecule has 0 radical (unpaired) electrons. The van der Waals surface area contributed by atoms with Crippen LogP contribution in [0.5, 0.6) is 0 Å². The second-order valence-electron chi connectivity index (χ2n) is 20.1. The first-order valence-corrected chi connectivity index (χ1v) is 28.7. The smallest absolute Gasteiger partial charge is 0.220 e. The molecule has 1 aliphatic rings. The van der Waals surface area contributed by atoms with Gasteiger partial charge in [0, 0.05) is 6.42 Å². The number of ether oxygens (including phenoxy) is 2. The molecule has 0 aromatic heterocycles. The Bertz CT molecular complexity index is 1150. The summed E-state index contributed by atoms with van der Waals surface area (Å²) in [6, 6.07) is -0.826. The Morgan fingerprint density at radius 1 is 0.493 bits per heavy atom. The van der Waals surface area contributed by atoms with Crippen molar-refractivity contribution in [3.63, 3.8) is 0 Å². The lowest BCUT2D eigenvalue weighted by atomic mass is 9.99. The van der Waals surface area contributed by atoms with E-state index in [4.69, 9.17) is 9.47 Å². The molecule has 1 aliphatic heterocycles. The van der Waals surface area contributed by atoms with Gasteiger partial charge in [-0.05, 0) is 44.9 Å². The molecule has 0 bridgehead atoms. The Balaban J connectivity index is 2.27. The van der Waals surface area contributed by atoms with E-state index in [9.17, 15) is 30.3 Å². The first-order valence-electron chi connectivity index (χ1n) is 28.7. The Kier molecular flexibility index (Phi) is 45.5. The minimum absolute atomic E-state index is 0.186. The lowest BCUT2D eigenvalue weighted by Crippen LogP contribution is -2.60. The number of hydrogen-bond acceptors (Lipinski definition) is 8. The van der Waals surface area contributed by atoms with E-state index in [1.54, 1.807) is 6.08 Å². The summed E-state index contributed by atoms with van der Waals surface area (Å²) in [5.41, 5.74) is 0. The van der Waals surface area contributed by atoms with Crippen LogP contribution in [0.2, 0.25) is 0 Å². The van der Waals surface area contributed by atoms with Crippen molar-refractivity contribution in [3.8, 4) is 0 Å². The van der Waals surface area contributed by atoms with Gasteiger partial charge >= 0.3 is 0 Å². The van der Waals surface area contributed by atoms with E-state index in [2.05, 4.69) is 43.5 Å². The van der Waals surface area contributed by atoms with Gasteiger partial charge < -0.3 is 40.3 Å². The van der Waals surface area contributed by atoms with Crippen LogP contribution in [0.4, 0.5) is 0 Å². The van der Waals surface area contributed by atoms with E-state index in [1.165, 1.54) is 205 Å². The number of aliphatic hydroxyl groups excluding tert-OH is 5. The SMILES string of the molecule is CCCCCCCCCCCCCCCCC/C=C/CC/C=C/CC/C=C/C(O)C(COC1OC(CO)C(O)C(O)C1O)NC(=O)CCCCCCCCCCCCCCCCCCCCC. The highest BCUT2D eigenvalue weighted by Gasteiger charge is 2.44. The quantitative estimate of drug-likeness (QED) is 0.0261. The van der Waals surface area contributed by atoms with Gasteiger partial charge in [0.15, 0.2) is 6.29 Å². The average Bonchev–Trinajstić information content (AvgIpc) is 3.33. The highest BCUT2D eigenvalue weighted by molar-refractivity contribution is 5.76. The van der Waals surface area contributed by atoms with Crippen molar-refractivity contribution < 1.29 is 39.8 Å². The predicted molar refractivity (Wildman–Crippen MR) is 281 cm³/mol. The monoisotopic (exact) mass is 948 g/mol. The zero-order valence-electron chi connectivity index (χ0n) is 43.7. The molecule has 1 saturated heterocycles. The molecule has 9 heteroatoms. The number of nitrogens with one attached hydrogen (secondary N) is 1. The van der Waals surface area contributed by atoms with Crippen LogP contribution in [-0.2, 0) is 14.3 Å². The van der Waals surface area contributed by atoms with Crippen LogP contribution in [0.1, 0.15) is 271 Å². The number of aliphatic hydroxyl groups is 5. The number of allylic oxidation sites excluding steroid dienone is 5. The summed E-state index contributed by atoms with van der Waals surface area (Å²) in [5, 5.41) is 54.5. The molecule has 1 amide bonds. The summed E-state index contributed by atoms with van der Waals surface area (Å²) in [4.78, 5) is 13.0. The van der Waals surface area contributed by atoms with Crippen molar-refractivity contribution in [1.29, 1.82) is 0 Å². The lowest BCUT2D eigenvalue weighted by Gasteiger charge is -2.40. The highest BCUT2D eigenvalue weighted by Crippen LogP contribution is 2.23. The molecule has 1 heterocycles. The van der Waals surface area contributed by atoms with Crippen LogP contribution in [-0.4, -0.2) is 87.5 Å². The maximum atomic E-state index is 13.0. The fraction of sp³-hybridized carbons (Fsp3) is 0.879. The molecular formula is C58H109NO8. The van der Waals surface area contributed by atoms with Crippen LogP contribution in [0.15, 0.2) is 36.5 Å². The maximum absolute atomic E-state index is 13.0.